The first-order chi connectivity index (χ1) is 17.1. The molecular formula is C27H34N4O3S. The van der Waals surface area contributed by atoms with E-state index in [9.17, 15) is 9.90 Å². The second kappa shape index (κ2) is 12.8. The number of nitrogens with zero attached hydrogens (tertiary/aromatic N) is 4. The molecule has 3 heterocycles. The van der Waals surface area contributed by atoms with Gasteiger partial charge in [0.15, 0.2) is 0 Å². The Morgan fingerprint density at radius 2 is 2.09 bits per heavy atom. The van der Waals surface area contributed by atoms with E-state index in [2.05, 4.69) is 32.0 Å². The van der Waals surface area contributed by atoms with Crippen LogP contribution in [0.1, 0.15) is 37.7 Å². The first-order valence-electron chi connectivity index (χ1n) is 12.4. The van der Waals surface area contributed by atoms with Gasteiger partial charge in [-0.1, -0.05) is 0 Å². The summed E-state index contributed by atoms with van der Waals surface area (Å²) in [6, 6.07) is 10.0. The van der Waals surface area contributed by atoms with E-state index in [-0.39, 0.29) is 12.3 Å². The van der Waals surface area contributed by atoms with E-state index in [0.29, 0.717) is 5.92 Å². The molecule has 4 rings (SSSR count). The average molecular weight is 495 g/mol. The second-order valence-corrected chi connectivity index (χ2v) is 10.3. The number of methoxy groups -OCH3 is 1. The lowest BCUT2D eigenvalue weighted by atomic mass is 9.80. The SMILES string of the molecule is COc1ccc2nccc(CCC[C@@H]3CCN(CCCSc4ccncn4)C[C@@H]3CC(=O)O)c2c1. The number of piperidine rings is 1. The Labute approximate surface area is 211 Å². The molecule has 1 aliphatic rings. The summed E-state index contributed by atoms with van der Waals surface area (Å²) in [6.45, 7) is 2.94. The van der Waals surface area contributed by atoms with Crippen molar-refractivity contribution in [3.05, 3.63) is 54.6 Å². The van der Waals surface area contributed by atoms with Gasteiger partial charge in [0.2, 0.25) is 0 Å². The Balaban J connectivity index is 1.27. The number of aryl methyl sites for hydroxylation is 1. The summed E-state index contributed by atoms with van der Waals surface area (Å²) in [5, 5.41) is 11.7. The number of benzene rings is 1. The van der Waals surface area contributed by atoms with Gasteiger partial charge in [0.05, 0.1) is 17.7 Å². The third-order valence-corrected chi connectivity index (χ3v) is 7.93. The van der Waals surface area contributed by atoms with Crippen LogP contribution in [0.3, 0.4) is 0 Å². The first-order valence-corrected chi connectivity index (χ1v) is 13.4. The van der Waals surface area contributed by atoms with Crippen molar-refractivity contribution in [1.29, 1.82) is 0 Å². The van der Waals surface area contributed by atoms with Gasteiger partial charge in [-0.15, -0.1) is 11.8 Å². The van der Waals surface area contributed by atoms with Gasteiger partial charge in [0.1, 0.15) is 12.1 Å². The quantitative estimate of drug-likeness (QED) is 0.215. The van der Waals surface area contributed by atoms with Gasteiger partial charge >= 0.3 is 5.97 Å². The van der Waals surface area contributed by atoms with Crippen LogP contribution in [0, 0.1) is 11.8 Å². The molecule has 0 amide bonds. The van der Waals surface area contributed by atoms with Gasteiger partial charge in [0, 0.05) is 36.5 Å². The number of fused-ring (bicyclic) bond motifs is 1. The van der Waals surface area contributed by atoms with Crippen molar-refractivity contribution < 1.29 is 14.6 Å². The zero-order chi connectivity index (χ0) is 24.5. The summed E-state index contributed by atoms with van der Waals surface area (Å²) >= 11 is 1.75. The number of carboxylic acids is 1. The summed E-state index contributed by atoms with van der Waals surface area (Å²) in [4.78, 5) is 26.7. The summed E-state index contributed by atoms with van der Waals surface area (Å²) in [5.74, 6) is 1.83. The van der Waals surface area contributed by atoms with Gasteiger partial charge in [-0.2, -0.15) is 0 Å². The van der Waals surface area contributed by atoms with Gasteiger partial charge in [-0.25, -0.2) is 9.97 Å². The Kier molecular flexibility index (Phi) is 9.31. The highest BCUT2D eigenvalue weighted by molar-refractivity contribution is 7.99. The van der Waals surface area contributed by atoms with Gasteiger partial charge < -0.3 is 14.7 Å². The predicted octanol–water partition coefficient (Wildman–Crippen LogP) is 4.95. The maximum atomic E-state index is 11.6. The number of carbonyl (C=O) groups is 1. The number of rotatable bonds is 12. The molecule has 1 aliphatic heterocycles. The third kappa shape index (κ3) is 7.39. The summed E-state index contributed by atoms with van der Waals surface area (Å²) < 4.78 is 5.40. The molecular weight excluding hydrogens is 460 g/mol. The van der Waals surface area contributed by atoms with Crippen LogP contribution < -0.4 is 4.74 Å². The van der Waals surface area contributed by atoms with Crippen LogP contribution in [0.2, 0.25) is 0 Å². The fourth-order valence-electron chi connectivity index (χ4n) is 5.11. The van der Waals surface area contributed by atoms with Crippen LogP contribution in [0.5, 0.6) is 5.75 Å². The second-order valence-electron chi connectivity index (χ2n) is 9.20. The number of carboxylic acid groups (broad SMARTS) is 1. The Bertz CT molecular complexity index is 1100. The fourth-order valence-corrected chi connectivity index (χ4v) is 5.87. The lowest BCUT2D eigenvalue weighted by Gasteiger charge is -2.38. The molecule has 0 unspecified atom stereocenters. The van der Waals surface area contributed by atoms with E-state index in [0.717, 1.165) is 79.2 Å². The number of thioether (sulfide) groups is 1. The monoisotopic (exact) mass is 494 g/mol. The Morgan fingerprint density at radius 3 is 2.89 bits per heavy atom. The predicted molar refractivity (Wildman–Crippen MR) is 139 cm³/mol. The zero-order valence-electron chi connectivity index (χ0n) is 20.3. The van der Waals surface area contributed by atoms with E-state index >= 15 is 0 Å². The van der Waals surface area contributed by atoms with Crippen molar-refractivity contribution in [2.24, 2.45) is 11.8 Å². The largest absolute Gasteiger partial charge is 0.497 e. The Morgan fingerprint density at radius 1 is 1.17 bits per heavy atom. The molecule has 1 aromatic carbocycles. The molecule has 0 saturated carbocycles. The van der Waals surface area contributed by atoms with E-state index in [1.807, 2.05) is 24.4 Å². The van der Waals surface area contributed by atoms with Crippen LogP contribution in [0.25, 0.3) is 10.9 Å². The number of hydrogen-bond donors (Lipinski definition) is 1. The normalized spacial score (nSPS) is 18.5. The molecule has 3 aromatic rings. The number of aromatic nitrogens is 3. The number of likely N-dealkylation sites (tertiary alicyclic amines) is 1. The van der Waals surface area contributed by atoms with Crippen LogP contribution in [0.4, 0.5) is 0 Å². The van der Waals surface area contributed by atoms with Crippen molar-refractivity contribution >= 4 is 28.6 Å². The number of aliphatic carboxylic acids is 1. The average Bonchev–Trinajstić information content (AvgIpc) is 2.88. The summed E-state index contributed by atoms with van der Waals surface area (Å²) in [7, 11) is 1.68. The molecule has 1 fully saturated rings. The maximum Gasteiger partial charge on any atom is 0.303 e. The molecule has 1 N–H and O–H groups in total. The number of hydrogen-bond acceptors (Lipinski definition) is 7. The van der Waals surface area contributed by atoms with E-state index in [1.54, 1.807) is 31.4 Å². The van der Waals surface area contributed by atoms with Crippen LogP contribution >= 0.6 is 11.8 Å². The molecule has 2 aromatic heterocycles. The van der Waals surface area contributed by atoms with E-state index < -0.39 is 5.97 Å². The van der Waals surface area contributed by atoms with Crippen LogP contribution in [-0.2, 0) is 11.2 Å². The van der Waals surface area contributed by atoms with Gasteiger partial charge in [-0.3, -0.25) is 9.78 Å². The molecule has 7 nitrogen and oxygen atoms in total. The summed E-state index contributed by atoms with van der Waals surface area (Å²) in [6.07, 6.45) is 10.7. The smallest absolute Gasteiger partial charge is 0.303 e. The highest BCUT2D eigenvalue weighted by Gasteiger charge is 2.30. The lowest BCUT2D eigenvalue weighted by molar-refractivity contribution is -0.139. The molecule has 0 radical (unpaired) electrons. The summed E-state index contributed by atoms with van der Waals surface area (Å²) in [5.41, 5.74) is 2.26. The molecule has 35 heavy (non-hydrogen) atoms. The highest BCUT2D eigenvalue weighted by atomic mass is 32.2. The van der Waals surface area contributed by atoms with Crippen molar-refractivity contribution in [1.82, 2.24) is 19.9 Å². The van der Waals surface area contributed by atoms with E-state index in [4.69, 9.17) is 4.74 Å². The number of ether oxygens (including phenoxy) is 1. The molecule has 1 saturated heterocycles. The minimum absolute atomic E-state index is 0.213. The van der Waals surface area contributed by atoms with E-state index in [1.165, 1.54) is 5.56 Å². The van der Waals surface area contributed by atoms with Crippen molar-refractivity contribution in [2.75, 3.05) is 32.5 Å². The van der Waals surface area contributed by atoms with Gasteiger partial charge in [0.25, 0.3) is 0 Å². The zero-order valence-corrected chi connectivity index (χ0v) is 21.1. The van der Waals surface area contributed by atoms with Crippen molar-refractivity contribution in [2.45, 2.75) is 43.6 Å². The van der Waals surface area contributed by atoms with Crippen LogP contribution in [0.15, 0.2) is 54.1 Å². The topological polar surface area (TPSA) is 88.4 Å². The van der Waals surface area contributed by atoms with Crippen molar-refractivity contribution in [3.8, 4) is 5.75 Å². The van der Waals surface area contributed by atoms with Gasteiger partial charge in [-0.05, 0) is 92.9 Å². The minimum atomic E-state index is -0.687. The molecule has 2 atom stereocenters. The molecule has 0 bridgehead atoms. The lowest BCUT2D eigenvalue weighted by Crippen LogP contribution is -2.41. The molecule has 8 heteroatoms. The molecule has 0 aliphatic carbocycles. The first kappa shape index (κ1) is 25.4. The minimum Gasteiger partial charge on any atom is -0.497 e. The third-order valence-electron chi connectivity index (χ3n) is 6.90. The molecule has 186 valence electrons. The fraction of sp³-hybridized carbons (Fsp3) is 0.481. The van der Waals surface area contributed by atoms with Crippen LogP contribution in [-0.4, -0.2) is 63.4 Å². The highest BCUT2D eigenvalue weighted by Crippen LogP contribution is 2.32. The number of pyridine rings is 1. The standard InChI is InChI=1S/C27H34N4O3S/c1-34-23-6-7-25-24(17-23)21(8-12-29-25)5-2-4-20-10-14-31(18-22(20)16-27(32)33)13-3-15-35-26-9-11-28-19-30-26/h6-9,11-12,17,19-20,22H,2-5,10,13-16,18H2,1H3,(H,32,33)/t20-,22+/m1/s1. The maximum absolute atomic E-state index is 11.6. The Hall–Kier alpha value is -2.71. The van der Waals surface area contributed by atoms with Crippen molar-refractivity contribution in [3.63, 3.8) is 0 Å². The molecule has 0 spiro atoms.